The molecule has 2 aromatic rings. The molecule has 1 heterocycles. The molecule has 0 saturated heterocycles. The molecule has 5 nitrogen and oxygen atoms in total. The van der Waals surface area contributed by atoms with Crippen LogP contribution in [0.3, 0.4) is 0 Å². The molecule has 0 aliphatic carbocycles. The van der Waals surface area contributed by atoms with E-state index >= 15 is 0 Å². The minimum absolute atomic E-state index is 0.0245. The van der Waals surface area contributed by atoms with Crippen molar-refractivity contribution in [3.05, 3.63) is 36.5 Å². The zero-order valence-corrected chi connectivity index (χ0v) is 12.7. The van der Waals surface area contributed by atoms with Gasteiger partial charge in [-0.15, -0.1) is 0 Å². The summed E-state index contributed by atoms with van der Waals surface area (Å²) in [6.45, 7) is 2.03. The number of benzene rings is 1. The highest BCUT2D eigenvalue weighted by Gasteiger charge is 2.11. The zero-order valence-electron chi connectivity index (χ0n) is 11.9. The summed E-state index contributed by atoms with van der Waals surface area (Å²) in [4.78, 5) is 17.1. The number of carbonyl (C=O) groups excluding carboxylic acids is 1. The Kier molecular flexibility index (Phi) is 5.71. The molecule has 2 rings (SSSR count). The molecule has 1 atom stereocenters. The smallest absolute Gasteiger partial charge is 0.321 e. The van der Waals surface area contributed by atoms with Gasteiger partial charge in [0.05, 0.1) is 4.88 Å². The van der Waals surface area contributed by atoms with Crippen molar-refractivity contribution in [2.45, 2.75) is 25.8 Å². The number of nitrogens with zero attached hydrogens (tertiary/aromatic N) is 1. The van der Waals surface area contributed by atoms with Crippen molar-refractivity contribution in [3.63, 3.8) is 0 Å². The number of rotatable bonds is 6. The second-order valence-corrected chi connectivity index (χ2v) is 5.64. The van der Waals surface area contributed by atoms with Gasteiger partial charge in [0.2, 0.25) is 0 Å². The van der Waals surface area contributed by atoms with Crippen molar-refractivity contribution in [2.24, 2.45) is 0 Å². The third kappa shape index (κ3) is 4.54. The molecule has 112 valence electrons. The number of hydrogen-bond donors (Lipinski definition) is 3. The van der Waals surface area contributed by atoms with Gasteiger partial charge in [-0.1, -0.05) is 48.6 Å². The van der Waals surface area contributed by atoms with Gasteiger partial charge in [0.15, 0.2) is 5.13 Å². The molecule has 3 N–H and O–H groups in total. The van der Waals surface area contributed by atoms with E-state index in [-0.39, 0.29) is 18.7 Å². The van der Waals surface area contributed by atoms with Crippen LogP contribution in [0, 0.1) is 0 Å². The molecule has 6 heteroatoms. The normalized spacial score (nSPS) is 11.9. The van der Waals surface area contributed by atoms with E-state index in [1.54, 1.807) is 6.20 Å². The molecule has 0 aliphatic heterocycles. The molecule has 0 spiro atoms. The third-order valence-corrected chi connectivity index (χ3v) is 4.05. The third-order valence-electron chi connectivity index (χ3n) is 3.09. The van der Waals surface area contributed by atoms with E-state index < -0.39 is 0 Å². The van der Waals surface area contributed by atoms with Gasteiger partial charge in [-0.2, -0.15) is 0 Å². The largest absolute Gasteiger partial charge is 0.396 e. The minimum Gasteiger partial charge on any atom is -0.396 e. The predicted octanol–water partition coefficient (Wildman–Crippen LogP) is 3.09. The Morgan fingerprint density at radius 3 is 2.81 bits per heavy atom. The van der Waals surface area contributed by atoms with Crippen LogP contribution in [0.25, 0.3) is 10.4 Å². The number of aromatic nitrogens is 1. The van der Waals surface area contributed by atoms with Gasteiger partial charge in [0.1, 0.15) is 0 Å². The van der Waals surface area contributed by atoms with Gasteiger partial charge in [-0.05, 0) is 18.4 Å². The first-order valence-corrected chi connectivity index (χ1v) is 7.74. The average molecular weight is 305 g/mol. The Hall–Kier alpha value is -1.92. The standard InChI is InChI=1S/C15H19N3O2S/c1-2-12(8-9-19)17-14(20)18-15-16-10-13(21-15)11-6-4-3-5-7-11/h3-7,10,12,19H,2,8-9H2,1H3,(H2,16,17,18,20). The first kappa shape index (κ1) is 15.5. The Morgan fingerprint density at radius 2 is 2.14 bits per heavy atom. The van der Waals surface area contributed by atoms with Crippen LogP contribution in [0.5, 0.6) is 0 Å². The molecular weight excluding hydrogens is 286 g/mol. The summed E-state index contributed by atoms with van der Waals surface area (Å²) in [6.07, 6.45) is 3.08. The van der Waals surface area contributed by atoms with Crippen LogP contribution in [-0.2, 0) is 0 Å². The number of anilines is 1. The fourth-order valence-corrected chi connectivity index (χ4v) is 2.74. The fourth-order valence-electron chi connectivity index (χ4n) is 1.92. The lowest BCUT2D eigenvalue weighted by Crippen LogP contribution is -2.38. The van der Waals surface area contributed by atoms with Crippen molar-refractivity contribution in [1.29, 1.82) is 0 Å². The molecule has 0 aliphatic rings. The highest BCUT2D eigenvalue weighted by molar-refractivity contribution is 7.19. The van der Waals surface area contributed by atoms with Crippen molar-refractivity contribution in [3.8, 4) is 10.4 Å². The average Bonchev–Trinajstić information content (AvgIpc) is 2.96. The quantitative estimate of drug-likeness (QED) is 0.767. The van der Waals surface area contributed by atoms with E-state index in [2.05, 4.69) is 15.6 Å². The number of aliphatic hydroxyl groups is 1. The maximum atomic E-state index is 11.9. The highest BCUT2D eigenvalue weighted by atomic mass is 32.1. The number of urea groups is 1. The summed E-state index contributed by atoms with van der Waals surface area (Å²) in [5.74, 6) is 0. The van der Waals surface area contributed by atoms with E-state index in [4.69, 9.17) is 5.11 Å². The van der Waals surface area contributed by atoms with E-state index in [9.17, 15) is 4.79 Å². The molecule has 0 radical (unpaired) electrons. The molecule has 2 amide bonds. The highest BCUT2D eigenvalue weighted by Crippen LogP contribution is 2.28. The maximum Gasteiger partial charge on any atom is 0.321 e. The van der Waals surface area contributed by atoms with Crippen LogP contribution in [0.4, 0.5) is 9.93 Å². The van der Waals surface area contributed by atoms with Crippen LogP contribution >= 0.6 is 11.3 Å². The first-order valence-electron chi connectivity index (χ1n) is 6.92. The molecular formula is C15H19N3O2S. The Balaban J connectivity index is 1.95. The van der Waals surface area contributed by atoms with Crippen LogP contribution in [0.15, 0.2) is 36.5 Å². The predicted molar refractivity (Wildman–Crippen MR) is 85.5 cm³/mol. The van der Waals surface area contributed by atoms with Crippen molar-refractivity contribution in [1.82, 2.24) is 10.3 Å². The molecule has 0 bridgehead atoms. The van der Waals surface area contributed by atoms with E-state index in [1.165, 1.54) is 11.3 Å². The second kappa shape index (κ2) is 7.75. The topological polar surface area (TPSA) is 74.2 Å². The molecule has 1 unspecified atom stereocenters. The number of thiazole rings is 1. The summed E-state index contributed by atoms with van der Waals surface area (Å²) >= 11 is 1.43. The van der Waals surface area contributed by atoms with Crippen molar-refractivity contribution >= 4 is 22.5 Å². The summed E-state index contributed by atoms with van der Waals surface area (Å²) < 4.78 is 0. The molecule has 0 fully saturated rings. The van der Waals surface area contributed by atoms with Gasteiger partial charge in [0.25, 0.3) is 0 Å². The number of aliphatic hydroxyl groups excluding tert-OH is 1. The number of carbonyl (C=O) groups is 1. The molecule has 0 saturated carbocycles. The minimum atomic E-state index is -0.288. The van der Waals surface area contributed by atoms with Crippen LogP contribution in [-0.4, -0.2) is 28.8 Å². The SMILES string of the molecule is CCC(CCO)NC(=O)Nc1ncc(-c2ccccc2)s1. The second-order valence-electron chi connectivity index (χ2n) is 4.61. The van der Waals surface area contributed by atoms with Gasteiger partial charge < -0.3 is 10.4 Å². The van der Waals surface area contributed by atoms with Crippen LogP contribution < -0.4 is 10.6 Å². The Labute approximate surface area is 128 Å². The molecule has 1 aromatic heterocycles. The zero-order chi connectivity index (χ0) is 15.1. The lowest BCUT2D eigenvalue weighted by atomic mass is 10.2. The van der Waals surface area contributed by atoms with Crippen molar-refractivity contribution < 1.29 is 9.90 Å². The fraction of sp³-hybridized carbons (Fsp3) is 0.333. The number of nitrogens with one attached hydrogen (secondary N) is 2. The van der Waals surface area contributed by atoms with E-state index in [1.807, 2.05) is 37.3 Å². The van der Waals surface area contributed by atoms with Gasteiger partial charge in [-0.3, -0.25) is 5.32 Å². The van der Waals surface area contributed by atoms with Crippen LogP contribution in [0.1, 0.15) is 19.8 Å². The summed E-state index contributed by atoms with van der Waals surface area (Å²) in [5.41, 5.74) is 1.08. The first-order chi connectivity index (χ1) is 10.2. The number of amides is 2. The molecule has 21 heavy (non-hydrogen) atoms. The lowest BCUT2D eigenvalue weighted by Gasteiger charge is -2.15. The van der Waals surface area contributed by atoms with Gasteiger partial charge in [-0.25, -0.2) is 9.78 Å². The van der Waals surface area contributed by atoms with Crippen molar-refractivity contribution in [2.75, 3.05) is 11.9 Å². The number of hydrogen-bond acceptors (Lipinski definition) is 4. The summed E-state index contributed by atoms with van der Waals surface area (Å²) in [5, 5.41) is 15.0. The molecule has 1 aromatic carbocycles. The van der Waals surface area contributed by atoms with E-state index in [0.717, 1.165) is 16.9 Å². The van der Waals surface area contributed by atoms with Crippen LogP contribution in [0.2, 0.25) is 0 Å². The van der Waals surface area contributed by atoms with E-state index in [0.29, 0.717) is 11.6 Å². The monoisotopic (exact) mass is 305 g/mol. The lowest BCUT2D eigenvalue weighted by molar-refractivity contribution is 0.237. The Bertz CT molecular complexity index is 571. The van der Waals surface area contributed by atoms with Gasteiger partial charge in [0, 0.05) is 18.8 Å². The van der Waals surface area contributed by atoms with Gasteiger partial charge >= 0.3 is 6.03 Å². The summed E-state index contributed by atoms with van der Waals surface area (Å²) in [7, 11) is 0. The summed E-state index contributed by atoms with van der Waals surface area (Å²) in [6, 6.07) is 9.60. The maximum absolute atomic E-state index is 11.9. The Morgan fingerprint density at radius 1 is 1.38 bits per heavy atom.